The van der Waals surface area contributed by atoms with E-state index in [2.05, 4.69) is 15.5 Å². The van der Waals surface area contributed by atoms with Gasteiger partial charge in [0.1, 0.15) is 0 Å². The van der Waals surface area contributed by atoms with E-state index in [-0.39, 0.29) is 17.8 Å². The van der Waals surface area contributed by atoms with Gasteiger partial charge < -0.3 is 9.73 Å². The van der Waals surface area contributed by atoms with Gasteiger partial charge in [0.25, 0.3) is 0 Å². The standard InChI is InChI=1S/C18H16ClN3O2/c1-12(14-5-3-2-4-6-14)20-17(23)18-22-21-16(24-18)11-13-7-9-15(19)10-8-13/h2-10,12H,11H2,1H3,(H,20,23)/t12-/m0/s1. The summed E-state index contributed by atoms with van der Waals surface area (Å²) in [5, 5.41) is 11.3. The van der Waals surface area contributed by atoms with Crippen LogP contribution in [0.5, 0.6) is 0 Å². The molecule has 0 radical (unpaired) electrons. The summed E-state index contributed by atoms with van der Waals surface area (Å²) >= 11 is 5.85. The summed E-state index contributed by atoms with van der Waals surface area (Å²) < 4.78 is 5.45. The highest BCUT2D eigenvalue weighted by atomic mass is 35.5. The first-order chi connectivity index (χ1) is 11.6. The molecule has 1 aromatic heterocycles. The molecule has 2 aromatic carbocycles. The summed E-state index contributed by atoms with van der Waals surface area (Å²) in [6.45, 7) is 1.90. The summed E-state index contributed by atoms with van der Waals surface area (Å²) in [7, 11) is 0. The molecule has 0 saturated carbocycles. The Morgan fingerprint density at radius 2 is 1.83 bits per heavy atom. The Morgan fingerprint density at radius 1 is 1.12 bits per heavy atom. The summed E-state index contributed by atoms with van der Waals surface area (Å²) in [5.41, 5.74) is 1.99. The van der Waals surface area contributed by atoms with Crippen molar-refractivity contribution in [3.63, 3.8) is 0 Å². The lowest BCUT2D eigenvalue weighted by Crippen LogP contribution is -2.26. The van der Waals surface area contributed by atoms with Crippen LogP contribution in [0.2, 0.25) is 5.02 Å². The third-order valence-corrected chi connectivity index (χ3v) is 3.83. The summed E-state index contributed by atoms with van der Waals surface area (Å²) in [6.07, 6.45) is 0.450. The topological polar surface area (TPSA) is 68.0 Å². The molecule has 3 rings (SSSR count). The second-order valence-electron chi connectivity index (χ2n) is 5.41. The van der Waals surface area contributed by atoms with E-state index in [9.17, 15) is 4.79 Å². The molecule has 0 aliphatic carbocycles. The SMILES string of the molecule is C[C@H](NC(=O)c1nnc(Cc2ccc(Cl)cc2)o1)c1ccccc1. The first kappa shape index (κ1) is 16.2. The van der Waals surface area contributed by atoms with Crippen LogP contribution in [0.25, 0.3) is 0 Å². The molecule has 0 spiro atoms. The van der Waals surface area contributed by atoms with Gasteiger partial charge in [-0.05, 0) is 30.2 Å². The Kier molecular flexibility index (Phi) is 4.91. The van der Waals surface area contributed by atoms with Crippen LogP contribution in [0, 0.1) is 0 Å². The molecule has 0 aliphatic heterocycles. The lowest BCUT2D eigenvalue weighted by Gasteiger charge is -2.12. The van der Waals surface area contributed by atoms with Crippen molar-refractivity contribution in [2.24, 2.45) is 0 Å². The number of benzene rings is 2. The number of amides is 1. The number of hydrogen-bond acceptors (Lipinski definition) is 4. The van der Waals surface area contributed by atoms with Crippen LogP contribution in [0.1, 0.15) is 40.7 Å². The maximum absolute atomic E-state index is 12.2. The number of carbonyl (C=O) groups excluding carboxylic acids is 1. The number of carbonyl (C=O) groups is 1. The van der Waals surface area contributed by atoms with E-state index >= 15 is 0 Å². The van der Waals surface area contributed by atoms with Crippen molar-refractivity contribution in [2.45, 2.75) is 19.4 Å². The highest BCUT2D eigenvalue weighted by Crippen LogP contribution is 2.14. The molecule has 1 amide bonds. The molecule has 0 unspecified atom stereocenters. The predicted molar refractivity (Wildman–Crippen MR) is 90.9 cm³/mol. The first-order valence-corrected chi connectivity index (χ1v) is 7.92. The van der Waals surface area contributed by atoms with Crippen molar-refractivity contribution in [3.05, 3.63) is 82.5 Å². The van der Waals surface area contributed by atoms with Crippen LogP contribution in [-0.4, -0.2) is 16.1 Å². The Balaban J connectivity index is 1.64. The van der Waals surface area contributed by atoms with Crippen LogP contribution in [0.3, 0.4) is 0 Å². The minimum atomic E-state index is -0.388. The van der Waals surface area contributed by atoms with E-state index in [1.54, 1.807) is 12.1 Å². The molecule has 24 heavy (non-hydrogen) atoms. The van der Waals surface area contributed by atoms with Gasteiger partial charge in [-0.2, -0.15) is 0 Å². The summed E-state index contributed by atoms with van der Waals surface area (Å²) in [5.74, 6) is -0.0437. The Hall–Kier alpha value is -2.66. The molecule has 0 bridgehead atoms. The second kappa shape index (κ2) is 7.27. The summed E-state index contributed by atoms with van der Waals surface area (Å²) in [6, 6.07) is 16.9. The Bertz CT molecular complexity index is 816. The molecule has 1 N–H and O–H groups in total. The zero-order valence-electron chi connectivity index (χ0n) is 13.1. The average Bonchev–Trinajstić information content (AvgIpc) is 3.06. The smallest absolute Gasteiger partial charge is 0.309 e. The second-order valence-corrected chi connectivity index (χ2v) is 5.85. The third kappa shape index (κ3) is 4.00. The number of halogens is 1. The number of aromatic nitrogens is 2. The lowest BCUT2D eigenvalue weighted by molar-refractivity contribution is 0.0903. The molecule has 6 heteroatoms. The van der Waals surface area contributed by atoms with Crippen LogP contribution < -0.4 is 5.32 Å². The number of hydrogen-bond donors (Lipinski definition) is 1. The van der Waals surface area contributed by atoms with E-state index < -0.39 is 0 Å². The van der Waals surface area contributed by atoms with Gasteiger partial charge in [0.2, 0.25) is 5.89 Å². The van der Waals surface area contributed by atoms with Gasteiger partial charge in [-0.25, -0.2) is 0 Å². The van der Waals surface area contributed by atoms with Crippen LogP contribution in [0.4, 0.5) is 0 Å². The third-order valence-electron chi connectivity index (χ3n) is 3.58. The quantitative estimate of drug-likeness (QED) is 0.766. The molecule has 5 nitrogen and oxygen atoms in total. The normalized spacial score (nSPS) is 11.9. The fraction of sp³-hybridized carbons (Fsp3) is 0.167. The lowest BCUT2D eigenvalue weighted by atomic mass is 10.1. The Labute approximate surface area is 144 Å². The van der Waals surface area contributed by atoms with E-state index in [4.69, 9.17) is 16.0 Å². The van der Waals surface area contributed by atoms with Crippen molar-refractivity contribution < 1.29 is 9.21 Å². The van der Waals surface area contributed by atoms with Gasteiger partial charge in [-0.1, -0.05) is 54.1 Å². The number of rotatable bonds is 5. The monoisotopic (exact) mass is 341 g/mol. The van der Waals surface area contributed by atoms with Crippen molar-refractivity contribution in [1.82, 2.24) is 15.5 Å². The first-order valence-electron chi connectivity index (χ1n) is 7.54. The van der Waals surface area contributed by atoms with Crippen LogP contribution >= 0.6 is 11.6 Å². The van der Waals surface area contributed by atoms with E-state index in [0.717, 1.165) is 11.1 Å². The fourth-order valence-corrected chi connectivity index (χ4v) is 2.40. The van der Waals surface area contributed by atoms with Gasteiger partial charge in [0, 0.05) is 5.02 Å². The molecule has 0 aliphatic rings. The summed E-state index contributed by atoms with van der Waals surface area (Å²) in [4.78, 5) is 12.2. The van der Waals surface area contributed by atoms with Gasteiger partial charge >= 0.3 is 11.8 Å². The predicted octanol–water partition coefficient (Wildman–Crippen LogP) is 3.80. The van der Waals surface area contributed by atoms with Gasteiger partial charge in [0.15, 0.2) is 0 Å². The maximum atomic E-state index is 12.2. The zero-order valence-corrected chi connectivity index (χ0v) is 13.8. The molecule has 3 aromatic rings. The molecule has 0 saturated heterocycles. The van der Waals surface area contributed by atoms with Crippen LogP contribution in [0.15, 0.2) is 59.0 Å². The molecule has 122 valence electrons. The van der Waals surface area contributed by atoms with E-state index in [0.29, 0.717) is 17.3 Å². The number of nitrogens with one attached hydrogen (secondary N) is 1. The molecule has 1 atom stereocenters. The molecular weight excluding hydrogens is 326 g/mol. The van der Waals surface area contributed by atoms with E-state index in [1.807, 2.05) is 49.4 Å². The fourth-order valence-electron chi connectivity index (χ4n) is 2.28. The van der Waals surface area contributed by atoms with Crippen molar-refractivity contribution >= 4 is 17.5 Å². The van der Waals surface area contributed by atoms with Crippen molar-refractivity contribution in [2.75, 3.05) is 0 Å². The van der Waals surface area contributed by atoms with Gasteiger partial charge in [-0.15, -0.1) is 10.2 Å². The molecule has 1 heterocycles. The maximum Gasteiger partial charge on any atom is 0.309 e. The van der Waals surface area contributed by atoms with E-state index in [1.165, 1.54) is 0 Å². The average molecular weight is 342 g/mol. The Morgan fingerprint density at radius 3 is 2.54 bits per heavy atom. The highest BCUT2D eigenvalue weighted by molar-refractivity contribution is 6.30. The van der Waals surface area contributed by atoms with Gasteiger partial charge in [-0.3, -0.25) is 4.79 Å². The molecule has 0 fully saturated rings. The van der Waals surface area contributed by atoms with Gasteiger partial charge in [0.05, 0.1) is 12.5 Å². The van der Waals surface area contributed by atoms with Crippen molar-refractivity contribution in [3.8, 4) is 0 Å². The minimum absolute atomic E-state index is 0.0401. The largest absolute Gasteiger partial charge is 0.417 e. The van der Waals surface area contributed by atoms with Crippen LogP contribution in [-0.2, 0) is 6.42 Å². The van der Waals surface area contributed by atoms with Crippen molar-refractivity contribution in [1.29, 1.82) is 0 Å². The highest BCUT2D eigenvalue weighted by Gasteiger charge is 2.17. The minimum Gasteiger partial charge on any atom is -0.417 e. The molecular formula is C18H16ClN3O2. The zero-order chi connectivity index (χ0) is 16.9. The number of nitrogens with zero attached hydrogens (tertiary/aromatic N) is 2.